The Hall–Kier alpha value is -1.42. The van der Waals surface area contributed by atoms with Crippen LogP contribution in [0.15, 0.2) is 41.0 Å². The Labute approximate surface area is 109 Å². The molecule has 0 unspecified atom stereocenters. The van der Waals surface area contributed by atoms with Crippen LogP contribution < -0.4 is 5.32 Å². The van der Waals surface area contributed by atoms with Gasteiger partial charge in [-0.1, -0.05) is 30.3 Å². The highest BCUT2D eigenvalue weighted by molar-refractivity contribution is 9.10. The summed E-state index contributed by atoms with van der Waals surface area (Å²) in [4.78, 5) is 8.74. The molecule has 2 rings (SSSR count). The van der Waals surface area contributed by atoms with Gasteiger partial charge in [-0.3, -0.25) is 0 Å². The summed E-state index contributed by atoms with van der Waals surface area (Å²) in [5.41, 5.74) is 1.31. The van der Waals surface area contributed by atoms with Crippen molar-refractivity contribution in [2.24, 2.45) is 0 Å². The molecule has 0 radical (unpaired) electrons. The summed E-state index contributed by atoms with van der Waals surface area (Å²) < 4.78 is 0.892. The fraction of sp³-hybridized carbons (Fsp3) is 0.231. The van der Waals surface area contributed by atoms with E-state index in [0.717, 1.165) is 29.0 Å². The van der Waals surface area contributed by atoms with Gasteiger partial charge in [0.25, 0.3) is 0 Å². The van der Waals surface area contributed by atoms with E-state index in [9.17, 15) is 0 Å². The van der Waals surface area contributed by atoms with E-state index in [1.54, 1.807) is 6.20 Å². The molecule has 0 spiro atoms. The summed E-state index contributed by atoms with van der Waals surface area (Å²) in [6.45, 7) is 0. The van der Waals surface area contributed by atoms with Crippen molar-refractivity contribution in [3.05, 3.63) is 52.4 Å². The van der Waals surface area contributed by atoms with Gasteiger partial charge >= 0.3 is 0 Å². The molecule has 0 fully saturated rings. The second-order valence-electron chi connectivity index (χ2n) is 3.72. The van der Waals surface area contributed by atoms with Crippen LogP contribution in [-0.4, -0.2) is 17.0 Å². The van der Waals surface area contributed by atoms with Crippen molar-refractivity contribution < 1.29 is 0 Å². The molecule has 0 aliphatic rings. The number of nitrogens with one attached hydrogen (secondary N) is 1. The Morgan fingerprint density at radius 2 is 1.94 bits per heavy atom. The average molecular weight is 292 g/mol. The number of anilines is 1. The van der Waals surface area contributed by atoms with Gasteiger partial charge in [0, 0.05) is 19.7 Å². The minimum absolute atomic E-state index is 0.836. The fourth-order valence-electron chi connectivity index (χ4n) is 1.60. The molecule has 1 N–H and O–H groups in total. The third-order valence-electron chi connectivity index (χ3n) is 2.51. The van der Waals surface area contributed by atoms with Crippen molar-refractivity contribution >= 4 is 21.7 Å². The molecule has 88 valence electrons. The first-order chi connectivity index (χ1) is 8.29. The Morgan fingerprint density at radius 3 is 2.65 bits per heavy atom. The van der Waals surface area contributed by atoms with Crippen LogP contribution in [0.5, 0.6) is 0 Å². The predicted octanol–water partition coefficient (Wildman–Crippen LogP) is 3.07. The van der Waals surface area contributed by atoms with Crippen molar-refractivity contribution in [2.75, 3.05) is 12.4 Å². The molecular weight excluding hydrogens is 278 g/mol. The lowest BCUT2D eigenvalue weighted by Crippen LogP contribution is -2.02. The zero-order valence-corrected chi connectivity index (χ0v) is 11.2. The van der Waals surface area contributed by atoms with Gasteiger partial charge in [0.05, 0.1) is 4.47 Å². The van der Waals surface area contributed by atoms with Crippen LogP contribution in [0.4, 0.5) is 5.82 Å². The summed E-state index contributed by atoms with van der Waals surface area (Å²) in [5.74, 6) is 1.70. The molecule has 0 bridgehead atoms. The molecule has 1 aromatic heterocycles. The third kappa shape index (κ3) is 3.27. The van der Waals surface area contributed by atoms with Crippen LogP contribution in [-0.2, 0) is 12.8 Å². The highest BCUT2D eigenvalue weighted by Gasteiger charge is 2.03. The fourth-order valence-corrected chi connectivity index (χ4v) is 1.99. The van der Waals surface area contributed by atoms with Crippen LogP contribution in [0, 0.1) is 0 Å². The molecule has 0 atom stereocenters. The Bertz CT molecular complexity index is 485. The number of hydrogen-bond acceptors (Lipinski definition) is 3. The van der Waals surface area contributed by atoms with Gasteiger partial charge in [-0.25, -0.2) is 9.97 Å². The van der Waals surface area contributed by atoms with E-state index in [1.165, 1.54) is 5.56 Å². The number of nitrogens with zero attached hydrogens (tertiary/aromatic N) is 2. The van der Waals surface area contributed by atoms with Crippen LogP contribution in [0.3, 0.4) is 0 Å². The van der Waals surface area contributed by atoms with E-state index in [2.05, 4.69) is 55.5 Å². The quantitative estimate of drug-likeness (QED) is 0.941. The molecule has 1 heterocycles. The van der Waals surface area contributed by atoms with E-state index in [1.807, 2.05) is 13.1 Å². The van der Waals surface area contributed by atoms with E-state index in [0.29, 0.717) is 0 Å². The molecule has 3 nitrogen and oxygen atoms in total. The second kappa shape index (κ2) is 5.77. The lowest BCUT2D eigenvalue weighted by atomic mass is 10.1. The van der Waals surface area contributed by atoms with Crippen molar-refractivity contribution in [3.8, 4) is 0 Å². The smallest absolute Gasteiger partial charge is 0.143 e. The zero-order chi connectivity index (χ0) is 12.1. The van der Waals surface area contributed by atoms with Crippen LogP contribution in [0.2, 0.25) is 0 Å². The number of halogens is 1. The minimum atomic E-state index is 0.836. The molecular formula is C13H14BrN3. The summed E-state index contributed by atoms with van der Waals surface area (Å²) in [5, 5.41) is 3.04. The maximum atomic E-state index is 4.44. The van der Waals surface area contributed by atoms with Gasteiger partial charge < -0.3 is 5.32 Å². The van der Waals surface area contributed by atoms with Crippen LogP contribution >= 0.6 is 15.9 Å². The van der Waals surface area contributed by atoms with E-state index in [-0.39, 0.29) is 0 Å². The highest BCUT2D eigenvalue weighted by atomic mass is 79.9. The maximum absolute atomic E-state index is 4.44. The molecule has 0 aliphatic heterocycles. The summed E-state index contributed by atoms with van der Waals surface area (Å²) in [7, 11) is 1.86. The molecule has 0 saturated heterocycles. The molecule has 17 heavy (non-hydrogen) atoms. The Kier molecular flexibility index (Phi) is 4.09. The van der Waals surface area contributed by atoms with E-state index in [4.69, 9.17) is 0 Å². The van der Waals surface area contributed by atoms with Gasteiger partial charge in [0.1, 0.15) is 11.6 Å². The Morgan fingerprint density at radius 1 is 1.18 bits per heavy atom. The minimum Gasteiger partial charge on any atom is -0.372 e. The van der Waals surface area contributed by atoms with Gasteiger partial charge in [0.15, 0.2) is 0 Å². The first-order valence-corrected chi connectivity index (χ1v) is 6.32. The van der Waals surface area contributed by atoms with Crippen molar-refractivity contribution in [1.29, 1.82) is 0 Å². The SMILES string of the molecule is CNc1nc(CCc2ccccc2)ncc1Br. The summed E-state index contributed by atoms with van der Waals surface area (Å²) in [6, 6.07) is 10.4. The number of rotatable bonds is 4. The van der Waals surface area contributed by atoms with Crippen molar-refractivity contribution in [3.63, 3.8) is 0 Å². The number of aromatic nitrogens is 2. The van der Waals surface area contributed by atoms with E-state index >= 15 is 0 Å². The van der Waals surface area contributed by atoms with Gasteiger partial charge in [0.2, 0.25) is 0 Å². The first kappa shape index (κ1) is 12.0. The molecule has 2 aromatic rings. The molecule has 0 aliphatic carbocycles. The second-order valence-corrected chi connectivity index (χ2v) is 4.57. The zero-order valence-electron chi connectivity index (χ0n) is 9.65. The van der Waals surface area contributed by atoms with Gasteiger partial charge in [-0.05, 0) is 27.9 Å². The first-order valence-electron chi connectivity index (χ1n) is 5.52. The third-order valence-corrected chi connectivity index (χ3v) is 3.09. The molecule has 4 heteroatoms. The highest BCUT2D eigenvalue weighted by Crippen LogP contribution is 2.18. The number of hydrogen-bond donors (Lipinski definition) is 1. The van der Waals surface area contributed by atoms with Crippen LogP contribution in [0.25, 0.3) is 0 Å². The van der Waals surface area contributed by atoms with Crippen molar-refractivity contribution in [1.82, 2.24) is 9.97 Å². The van der Waals surface area contributed by atoms with E-state index < -0.39 is 0 Å². The number of benzene rings is 1. The van der Waals surface area contributed by atoms with Gasteiger partial charge in [-0.15, -0.1) is 0 Å². The lowest BCUT2D eigenvalue weighted by Gasteiger charge is -2.05. The van der Waals surface area contributed by atoms with Crippen molar-refractivity contribution in [2.45, 2.75) is 12.8 Å². The summed E-state index contributed by atoms with van der Waals surface area (Å²) in [6.07, 6.45) is 3.61. The Balaban J connectivity index is 2.04. The largest absolute Gasteiger partial charge is 0.372 e. The molecule has 0 saturated carbocycles. The standard InChI is InChI=1S/C13H14BrN3/c1-15-13-11(14)9-16-12(17-13)8-7-10-5-3-2-4-6-10/h2-6,9H,7-8H2,1H3,(H,15,16,17). The normalized spacial score (nSPS) is 10.2. The summed E-state index contributed by atoms with van der Waals surface area (Å²) >= 11 is 3.40. The molecule has 0 amide bonds. The van der Waals surface area contributed by atoms with Crippen LogP contribution in [0.1, 0.15) is 11.4 Å². The molecule has 1 aromatic carbocycles. The average Bonchev–Trinajstić information content (AvgIpc) is 2.39. The topological polar surface area (TPSA) is 37.8 Å². The van der Waals surface area contributed by atoms with Gasteiger partial charge in [-0.2, -0.15) is 0 Å². The predicted molar refractivity (Wildman–Crippen MR) is 73.1 cm³/mol. The lowest BCUT2D eigenvalue weighted by molar-refractivity contribution is 0.857. The maximum Gasteiger partial charge on any atom is 0.143 e. The monoisotopic (exact) mass is 291 g/mol. The number of aryl methyl sites for hydroxylation is 2.